The second kappa shape index (κ2) is 7.33. The third-order valence-corrected chi connectivity index (χ3v) is 4.44. The van der Waals surface area contributed by atoms with Crippen molar-refractivity contribution in [3.8, 4) is 29.2 Å². The fourth-order valence-electron chi connectivity index (χ4n) is 3.28. The van der Waals surface area contributed by atoms with Gasteiger partial charge in [-0.2, -0.15) is 10.5 Å². The van der Waals surface area contributed by atoms with E-state index in [-0.39, 0.29) is 5.75 Å². The van der Waals surface area contributed by atoms with Crippen molar-refractivity contribution < 1.29 is 9.52 Å². The van der Waals surface area contributed by atoms with Crippen LogP contribution in [0.1, 0.15) is 48.9 Å². The lowest BCUT2D eigenvalue weighted by atomic mass is 9.99. The molecule has 0 unspecified atom stereocenters. The molecule has 2 aromatic carbocycles. The summed E-state index contributed by atoms with van der Waals surface area (Å²) in [6, 6.07) is 13.2. The van der Waals surface area contributed by atoms with Crippen molar-refractivity contribution in [1.29, 1.82) is 10.5 Å². The smallest absolute Gasteiger partial charge is 0.139 e. The van der Waals surface area contributed by atoms with E-state index in [9.17, 15) is 15.6 Å². The van der Waals surface area contributed by atoms with Crippen molar-refractivity contribution in [1.82, 2.24) is 0 Å². The van der Waals surface area contributed by atoms with Crippen molar-refractivity contribution in [2.45, 2.75) is 39.5 Å². The average molecular weight is 344 g/mol. The van der Waals surface area contributed by atoms with E-state index in [1.165, 1.54) is 0 Å². The van der Waals surface area contributed by atoms with E-state index in [0.29, 0.717) is 28.9 Å². The largest absolute Gasteiger partial charge is 0.507 e. The molecule has 0 amide bonds. The zero-order valence-corrected chi connectivity index (χ0v) is 15.0. The Kier molecular flexibility index (Phi) is 4.96. The first kappa shape index (κ1) is 17.6. The van der Waals surface area contributed by atoms with Crippen LogP contribution in [0, 0.1) is 22.7 Å². The van der Waals surface area contributed by atoms with E-state index in [1.807, 2.05) is 19.1 Å². The predicted molar refractivity (Wildman–Crippen MR) is 101 cm³/mol. The normalized spacial score (nSPS) is 10.6. The van der Waals surface area contributed by atoms with Crippen LogP contribution in [0.4, 0.5) is 0 Å². The molecule has 4 nitrogen and oxygen atoms in total. The van der Waals surface area contributed by atoms with Crippen LogP contribution in [0.3, 0.4) is 0 Å². The number of nitriles is 2. The Balaban J connectivity index is 2.23. The second-order valence-corrected chi connectivity index (χ2v) is 6.42. The van der Waals surface area contributed by atoms with Gasteiger partial charge in [-0.25, -0.2) is 0 Å². The highest BCUT2D eigenvalue weighted by atomic mass is 16.3. The number of benzene rings is 2. The first-order chi connectivity index (χ1) is 12.6. The highest BCUT2D eigenvalue weighted by Crippen LogP contribution is 2.38. The number of nitrogens with zero attached hydrogens (tertiary/aromatic N) is 2. The number of fused-ring (bicyclic) bond motifs is 1. The number of aryl methyl sites for hydroxylation is 2. The summed E-state index contributed by atoms with van der Waals surface area (Å²) in [6.07, 6.45) is 3.31. The molecule has 0 saturated carbocycles. The van der Waals surface area contributed by atoms with Gasteiger partial charge in [-0.3, -0.25) is 0 Å². The number of phenolic OH excluding ortho intramolecular Hbond substituents is 1. The van der Waals surface area contributed by atoms with Gasteiger partial charge in [-0.05, 0) is 54.3 Å². The summed E-state index contributed by atoms with van der Waals surface area (Å²) in [5.41, 5.74) is 4.07. The Morgan fingerprint density at radius 2 is 1.50 bits per heavy atom. The molecule has 130 valence electrons. The summed E-state index contributed by atoms with van der Waals surface area (Å²) in [4.78, 5) is 0. The van der Waals surface area contributed by atoms with Crippen LogP contribution in [-0.4, -0.2) is 5.11 Å². The number of aromatic hydroxyl groups is 1. The number of rotatable bonds is 5. The van der Waals surface area contributed by atoms with Crippen LogP contribution >= 0.6 is 0 Å². The summed E-state index contributed by atoms with van der Waals surface area (Å²) < 4.78 is 6.07. The summed E-state index contributed by atoms with van der Waals surface area (Å²) in [6.45, 7) is 4.10. The molecule has 1 aromatic heterocycles. The van der Waals surface area contributed by atoms with E-state index in [1.54, 1.807) is 18.2 Å². The molecule has 26 heavy (non-hydrogen) atoms. The van der Waals surface area contributed by atoms with Gasteiger partial charge in [0, 0.05) is 5.39 Å². The Bertz CT molecular complexity index is 1050. The average Bonchev–Trinajstić information content (AvgIpc) is 3.07. The minimum absolute atomic E-state index is 0.155. The molecule has 3 aromatic rings. The lowest BCUT2D eigenvalue weighted by Gasteiger charge is -2.08. The Hall–Kier alpha value is -3.24. The van der Waals surface area contributed by atoms with Crippen molar-refractivity contribution in [2.24, 2.45) is 0 Å². The van der Waals surface area contributed by atoms with E-state index in [4.69, 9.17) is 4.42 Å². The molecule has 0 aliphatic heterocycles. The van der Waals surface area contributed by atoms with Gasteiger partial charge in [0.2, 0.25) is 0 Å². The monoisotopic (exact) mass is 344 g/mol. The number of hydrogen-bond acceptors (Lipinski definition) is 4. The molecule has 0 aliphatic rings. The molecule has 0 spiro atoms. The van der Waals surface area contributed by atoms with Crippen LogP contribution in [0.2, 0.25) is 0 Å². The van der Waals surface area contributed by atoms with E-state index < -0.39 is 0 Å². The third kappa shape index (κ3) is 3.15. The van der Waals surface area contributed by atoms with Gasteiger partial charge in [0.05, 0.1) is 28.8 Å². The number of furan rings is 1. The molecule has 0 fully saturated rings. The standard InChI is InChI=1S/C22H20N2O2/c1-3-5-16-7-15(13-24)10-19(21(16)25)20-11-18-9-14(12-23)8-17(6-4-2)22(18)26-20/h7-11,25H,3-6H2,1-2H3. The summed E-state index contributed by atoms with van der Waals surface area (Å²) in [7, 11) is 0. The Morgan fingerprint density at radius 1 is 0.885 bits per heavy atom. The highest BCUT2D eigenvalue weighted by molar-refractivity contribution is 5.88. The van der Waals surface area contributed by atoms with Crippen LogP contribution < -0.4 is 0 Å². The second-order valence-electron chi connectivity index (χ2n) is 6.42. The molecule has 0 bridgehead atoms. The fourth-order valence-corrected chi connectivity index (χ4v) is 3.28. The molecular weight excluding hydrogens is 324 g/mol. The third-order valence-electron chi connectivity index (χ3n) is 4.44. The summed E-state index contributed by atoms with van der Waals surface area (Å²) in [5.74, 6) is 0.668. The molecule has 0 radical (unpaired) electrons. The van der Waals surface area contributed by atoms with Gasteiger partial charge in [0.15, 0.2) is 0 Å². The lowest BCUT2D eigenvalue weighted by molar-refractivity contribution is 0.467. The first-order valence-corrected chi connectivity index (χ1v) is 8.84. The van der Waals surface area contributed by atoms with Crippen LogP contribution in [0.15, 0.2) is 34.7 Å². The summed E-state index contributed by atoms with van der Waals surface area (Å²) >= 11 is 0. The van der Waals surface area contributed by atoms with E-state index in [2.05, 4.69) is 19.1 Å². The Morgan fingerprint density at radius 3 is 2.15 bits per heavy atom. The predicted octanol–water partition coefficient (Wildman–Crippen LogP) is 5.45. The quantitative estimate of drug-likeness (QED) is 0.667. The molecule has 1 heterocycles. The molecular formula is C22H20N2O2. The van der Waals surface area contributed by atoms with Gasteiger partial charge >= 0.3 is 0 Å². The zero-order valence-electron chi connectivity index (χ0n) is 15.0. The molecule has 1 N–H and O–H groups in total. The minimum Gasteiger partial charge on any atom is -0.507 e. The van der Waals surface area contributed by atoms with Gasteiger partial charge in [0.1, 0.15) is 17.1 Å². The summed E-state index contributed by atoms with van der Waals surface area (Å²) in [5, 5.41) is 30.1. The Labute approximate surface area is 152 Å². The van der Waals surface area contributed by atoms with Gasteiger partial charge in [0.25, 0.3) is 0 Å². The van der Waals surface area contributed by atoms with E-state index >= 15 is 0 Å². The van der Waals surface area contributed by atoms with Crippen LogP contribution in [-0.2, 0) is 12.8 Å². The van der Waals surface area contributed by atoms with Gasteiger partial charge in [-0.15, -0.1) is 0 Å². The van der Waals surface area contributed by atoms with Gasteiger partial charge < -0.3 is 9.52 Å². The maximum absolute atomic E-state index is 10.7. The molecule has 0 aliphatic carbocycles. The van der Waals surface area contributed by atoms with Crippen molar-refractivity contribution >= 4 is 11.0 Å². The van der Waals surface area contributed by atoms with Crippen LogP contribution in [0.25, 0.3) is 22.3 Å². The maximum Gasteiger partial charge on any atom is 0.139 e. The van der Waals surface area contributed by atoms with Crippen molar-refractivity contribution in [2.75, 3.05) is 0 Å². The highest BCUT2D eigenvalue weighted by Gasteiger charge is 2.17. The van der Waals surface area contributed by atoms with Gasteiger partial charge in [-0.1, -0.05) is 26.7 Å². The lowest BCUT2D eigenvalue weighted by Crippen LogP contribution is -1.90. The number of phenols is 1. The van der Waals surface area contributed by atoms with E-state index in [0.717, 1.165) is 41.4 Å². The topological polar surface area (TPSA) is 81.0 Å². The SMILES string of the molecule is CCCc1cc(C#N)cc(-c2cc3cc(C#N)cc(CCC)c3o2)c1O. The molecule has 0 saturated heterocycles. The van der Waals surface area contributed by atoms with Crippen molar-refractivity contribution in [3.63, 3.8) is 0 Å². The number of hydrogen-bond donors (Lipinski definition) is 1. The zero-order chi connectivity index (χ0) is 18.7. The van der Waals surface area contributed by atoms with Crippen LogP contribution in [0.5, 0.6) is 5.75 Å². The molecule has 4 heteroatoms. The molecule has 0 atom stereocenters. The maximum atomic E-state index is 10.7. The van der Waals surface area contributed by atoms with Crippen molar-refractivity contribution in [3.05, 3.63) is 52.6 Å². The molecule has 3 rings (SSSR count). The minimum atomic E-state index is 0.155. The fraction of sp³-hybridized carbons (Fsp3) is 0.273. The first-order valence-electron chi connectivity index (χ1n) is 8.84.